The molecule has 0 aliphatic carbocycles. The summed E-state index contributed by atoms with van der Waals surface area (Å²) in [6, 6.07) is 14.2. The molecule has 0 spiro atoms. The van der Waals surface area contributed by atoms with Gasteiger partial charge >= 0.3 is 0 Å². The fraction of sp³-hybridized carbons (Fsp3) is 0.222. The van der Waals surface area contributed by atoms with Gasteiger partial charge in [-0.05, 0) is 42.3 Å². The van der Waals surface area contributed by atoms with Gasteiger partial charge in [0, 0.05) is 11.7 Å². The third-order valence-electron chi connectivity index (χ3n) is 3.88. The zero-order valence-electron chi connectivity index (χ0n) is 14.0. The van der Waals surface area contributed by atoms with Gasteiger partial charge in [0.2, 0.25) is 5.16 Å². The number of thioether (sulfide) groups is 1. The number of nitrogen functional groups attached to an aromatic ring is 1. The Labute approximate surface area is 150 Å². The molecule has 0 fully saturated rings. The number of ether oxygens (including phenoxy) is 1. The molecule has 130 valence electrons. The summed E-state index contributed by atoms with van der Waals surface area (Å²) in [4.78, 5) is 0. The summed E-state index contributed by atoms with van der Waals surface area (Å²) in [5, 5.41) is 9.08. The van der Waals surface area contributed by atoms with E-state index in [1.165, 1.54) is 28.6 Å². The molecule has 0 saturated carbocycles. The number of halogens is 1. The molecule has 3 rings (SSSR count). The molecule has 0 saturated heterocycles. The molecule has 0 bridgehead atoms. The molecule has 3 aromatic rings. The fourth-order valence-electron chi connectivity index (χ4n) is 2.39. The Morgan fingerprint density at radius 1 is 1.12 bits per heavy atom. The highest BCUT2D eigenvalue weighted by Crippen LogP contribution is 2.33. The van der Waals surface area contributed by atoms with Crippen LogP contribution in [0.25, 0.3) is 0 Å². The molecule has 1 aromatic heterocycles. The number of nitrogens with zero attached hydrogens (tertiary/aromatic N) is 3. The van der Waals surface area contributed by atoms with Gasteiger partial charge in [0.05, 0.1) is 7.11 Å². The summed E-state index contributed by atoms with van der Waals surface area (Å²) >= 11 is 1.49. The average molecular weight is 358 g/mol. The Morgan fingerprint density at radius 2 is 1.80 bits per heavy atom. The predicted molar refractivity (Wildman–Crippen MR) is 96.6 cm³/mol. The van der Waals surface area contributed by atoms with E-state index in [-0.39, 0.29) is 11.1 Å². The van der Waals surface area contributed by atoms with Crippen molar-refractivity contribution in [3.05, 3.63) is 71.3 Å². The van der Waals surface area contributed by atoms with E-state index in [1.54, 1.807) is 19.2 Å². The molecule has 25 heavy (non-hydrogen) atoms. The summed E-state index contributed by atoms with van der Waals surface area (Å²) in [7, 11) is 1.64. The van der Waals surface area contributed by atoms with Crippen molar-refractivity contribution in [3.63, 3.8) is 0 Å². The SMILES string of the molecule is COc1ccc(Cc2nnc(S[C@H](C)c3ccc(F)cc3)n2N)cc1. The third kappa shape index (κ3) is 4.11. The molecular formula is C18H19FN4OS. The zero-order chi connectivity index (χ0) is 17.8. The quantitative estimate of drug-likeness (QED) is 0.539. The van der Waals surface area contributed by atoms with Crippen molar-refractivity contribution in [3.8, 4) is 5.75 Å². The highest BCUT2D eigenvalue weighted by molar-refractivity contribution is 7.99. The molecule has 1 atom stereocenters. The van der Waals surface area contributed by atoms with Crippen molar-refractivity contribution < 1.29 is 9.13 Å². The number of nitrogens with two attached hydrogens (primary N) is 1. The van der Waals surface area contributed by atoms with Crippen LogP contribution in [-0.4, -0.2) is 22.0 Å². The Hall–Kier alpha value is -2.54. The largest absolute Gasteiger partial charge is 0.497 e. The average Bonchev–Trinajstić information content (AvgIpc) is 2.96. The van der Waals surface area contributed by atoms with Crippen LogP contribution in [-0.2, 0) is 6.42 Å². The highest BCUT2D eigenvalue weighted by Gasteiger charge is 2.15. The second-order valence-corrected chi connectivity index (χ2v) is 6.91. The predicted octanol–water partition coefficient (Wildman–Crippen LogP) is 3.58. The van der Waals surface area contributed by atoms with Crippen LogP contribution in [0.3, 0.4) is 0 Å². The van der Waals surface area contributed by atoms with E-state index in [2.05, 4.69) is 10.2 Å². The molecule has 1 heterocycles. The molecule has 0 radical (unpaired) electrons. The third-order valence-corrected chi connectivity index (χ3v) is 4.99. The van der Waals surface area contributed by atoms with Gasteiger partial charge in [-0.3, -0.25) is 0 Å². The smallest absolute Gasteiger partial charge is 0.210 e. The van der Waals surface area contributed by atoms with Crippen molar-refractivity contribution in [2.24, 2.45) is 0 Å². The number of rotatable bonds is 6. The molecule has 0 aliphatic rings. The summed E-state index contributed by atoms with van der Waals surface area (Å²) < 4.78 is 19.7. The van der Waals surface area contributed by atoms with Gasteiger partial charge < -0.3 is 10.6 Å². The van der Waals surface area contributed by atoms with Crippen LogP contribution >= 0.6 is 11.8 Å². The maximum absolute atomic E-state index is 13.0. The molecule has 5 nitrogen and oxygen atoms in total. The first-order valence-electron chi connectivity index (χ1n) is 7.81. The van der Waals surface area contributed by atoms with Gasteiger partial charge in [-0.2, -0.15) is 0 Å². The first-order valence-corrected chi connectivity index (χ1v) is 8.69. The van der Waals surface area contributed by atoms with Crippen LogP contribution in [0.2, 0.25) is 0 Å². The summed E-state index contributed by atoms with van der Waals surface area (Å²) in [5.74, 6) is 7.39. The Kier molecular flexibility index (Phi) is 5.23. The van der Waals surface area contributed by atoms with Crippen LogP contribution < -0.4 is 10.6 Å². The standard InChI is InChI=1S/C18H19FN4OS/c1-12(14-5-7-15(19)8-6-14)25-18-22-21-17(23(18)20)11-13-3-9-16(24-2)10-4-13/h3-10,12H,11,20H2,1-2H3/t12-/m1/s1. The van der Waals surface area contributed by atoms with Crippen molar-refractivity contribution in [1.82, 2.24) is 14.9 Å². The van der Waals surface area contributed by atoms with E-state index in [0.29, 0.717) is 17.4 Å². The fourth-order valence-corrected chi connectivity index (χ4v) is 3.31. The molecule has 7 heteroatoms. The highest BCUT2D eigenvalue weighted by atomic mass is 32.2. The van der Waals surface area contributed by atoms with E-state index in [0.717, 1.165) is 16.9 Å². The summed E-state index contributed by atoms with van der Waals surface area (Å²) in [5.41, 5.74) is 2.08. The lowest BCUT2D eigenvalue weighted by Crippen LogP contribution is -2.14. The van der Waals surface area contributed by atoms with Crippen LogP contribution in [0, 0.1) is 5.82 Å². The maximum atomic E-state index is 13.0. The summed E-state index contributed by atoms with van der Waals surface area (Å²) in [6.07, 6.45) is 0.582. The maximum Gasteiger partial charge on any atom is 0.210 e. The summed E-state index contributed by atoms with van der Waals surface area (Å²) in [6.45, 7) is 2.02. The van der Waals surface area contributed by atoms with E-state index in [4.69, 9.17) is 10.6 Å². The monoisotopic (exact) mass is 358 g/mol. The van der Waals surface area contributed by atoms with Crippen molar-refractivity contribution >= 4 is 11.8 Å². The molecular weight excluding hydrogens is 339 g/mol. The van der Waals surface area contributed by atoms with Crippen molar-refractivity contribution in [1.29, 1.82) is 0 Å². The minimum atomic E-state index is -0.246. The lowest BCUT2D eigenvalue weighted by molar-refractivity contribution is 0.414. The second kappa shape index (κ2) is 7.57. The molecule has 0 unspecified atom stereocenters. The van der Waals surface area contributed by atoms with Gasteiger partial charge in [0.1, 0.15) is 11.6 Å². The number of hydrogen-bond acceptors (Lipinski definition) is 5. The number of aromatic nitrogens is 3. The second-order valence-electron chi connectivity index (χ2n) is 5.61. The van der Waals surface area contributed by atoms with E-state index < -0.39 is 0 Å². The molecule has 2 aromatic carbocycles. The van der Waals surface area contributed by atoms with Crippen molar-refractivity contribution in [2.45, 2.75) is 23.8 Å². The van der Waals surface area contributed by atoms with Crippen molar-refractivity contribution in [2.75, 3.05) is 13.0 Å². The normalized spacial score (nSPS) is 12.1. The number of methoxy groups -OCH3 is 1. The number of benzene rings is 2. The Bertz CT molecular complexity index is 833. The molecule has 2 N–H and O–H groups in total. The van der Waals surface area contributed by atoms with Gasteiger partial charge in [-0.25, -0.2) is 9.07 Å². The number of hydrogen-bond donors (Lipinski definition) is 1. The van der Waals surface area contributed by atoms with Crippen LogP contribution in [0.1, 0.15) is 29.1 Å². The van der Waals surface area contributed by atoms with E-state index in [9.17, 15) is 4.39 Å². The lowest BCUT2D eigenvalue weighted by Gasteiger charge is -2.11. The Balaban J connectivity index is 1.70. The van der Waals surface area contributed by atoms with E-state index in [1.807, 2.05) is 31.2 Å². The zero-order valence-corrected chi connectivity index (χ0v) is 14.8. The first kappa shape index (κ1) is 17.3. The van der Waals surface area contributed by atoms with Gasteiger partial charge in [0.15, 0.2) is 5.82 Å². The molecule has 0 aliphatic heterocycles. The van der Waals surface area contributed by atoms with Crippen LogP contribution in [0.15, 0.2) is 53.7 Å². The van der Waals surface area contributed by atoms with Gasteiger partial charge in [-0.1, -0.05) is 36.0 Å². The minimum absolute atomic E-state index is 0.0842. The van der Waals surface area contributed by atoms with Gasteiger partial charge in [0.25, 0.3) is 0 Å². The lowest BCUT2D eigenvalue weighted by atomic mass is 10.1. The van der Waals surface area contributed by atoms with Crippen LogP contribution in [0.4, 0.5) is 4.39 Å². The van der Waals surface area contributed by atoms with E-state index >= 15 is 0 Å². The first-order chi connectivity index (χ1) is 12.1. The minimum Gasteiger partial charge on any atom is -0.497 e. The van der Waals surface area contributed by atoms with Gasteiger partial charge in [-0.15, -0.1) is 10.2 Å². The van der Waals surface area contributed by atoms with Crippen LogP contribution in [0.5, 0.6) is 5.75 Å². The Morgan fingerprint density at radius 3 is 2.44 bits per heavy atom. The molecule has 0 amide bonds. The topological polar surface area (TPSA) is 66.0 Å².